The quantitative estimate of drug-likeness (QED) is 0.0911. The molecule has 1 saturated carbocycles. The number of ether oxygens (including phenoxy) is 2. The van der Waals surface area contributed by atoms with E-state index in [2.05, 4.69) is 132 Å². The van der Waals surface area contributed by atoms with Crippen LogP contribution in [0.4, 0.5) is 0 Å². The summed E-state index contributed by atoms with van der Waals surface area (Å²) in [6, 6.07) is 30.1. The van der Waals surface area contributed by atoms with Gasteiger partial charge in [-0.25, -0.2) is 0 Å². The van der Waals surface area contributed by atoms with E-state index in [-0.39, 0.29) is 29.7 Å². The lowest BCUT2D eigenvalue weighted by Gasteiger charge is -2.58. The van der Waals surface area contributed by atoms with Crippen molar-refractivity contribution in [2.75, 3.05) is 13.0 Å². The third kappa shape index (κ3) is 8.73. The van der Waals surface area contributed by atoms with Crippen molar-refractivity contribution >= 4 is 31.7 Å². The van der Waals surface area contributed by atoms with E-state index in [9.17, 15) is 0 Å². The predicted octanol–water partition coefficient (Wildman–Crippen LogP) is 10.7. The summed E-state index contributed by atoms with van der Waals surface area (Å²) in [5.41, 5.74) is 4.07. The molecule has 0 radical (unpaired) electrons. The number of thioether (sulfide) groups is 1. The minimum atomic E-state index is -2.12. The van der Waals surface area contributed by atoms with Gasteiger partial charge in [-0.15, -0.1) is 23.4 Å². The Morgan fingerprint density at radius 2 is 1.48 bits per heavy atom. The van der Waals surface area contributed by atoms with Gasteiger partial charge in [0.1, 0.15) is 5.75 Å². The summed E-state index contributed by atoms with van der Waals surface area (Å²) >= 11 is 8.69. The van der Waals surface area contributed by atoms with Crippen LogP contribution in [-0.2, 0) is 22.2 Å². The zero-order valence-corrected chi connectivity index (χ0v) is 32.7. The molecule has 0 spiro atoms. The Hall–Kier alpha value is -1.80. The van der Waals surface area contributed by atoms with Crippen LogP contribution in [0.1, 0.15) is 78.4 Å². The van der Waals surface area contributed by atoms with E-state index in [1.165, 1.54) is 16.0 Å². The van der Waals surface area contributed by atoms with Crippen molar-refractivity contribution in [1.82, 2.24) is 5.32 Å². The molecule has 3 aromatic rings. The number of rotatable bonds is 16. The second-order valence-corrected chi connectivity index (χ2v) is 22.2. The molecule has 6 unspecified atom stereocenters. The third-order valence-electron chi connectivity index (χ3n) is 11.1. The maximum atomic E-state index is 7.72. The average Bonchev–Trinajstić information content (AvgIpc) is 3.08. The van der Waals surface area contributed by atoms with Crippen LogP contribution in [0.15, 0.2) is 89.8 Å². The van der Waals surface area contributed by atoms with Crippen molar-refractivity contribution in [3.05, 3.63) is 96.1 Å². The van der Waals surface area contributed by atoms with Gasteiger partial charge in [-0.2, -0.15) is 0 Å². The summed E-state index contributed by atoms with van der Waals surface area (Å²) in [5.74, 6) is 1.79. The highest BCUT2D eigenvalue weighted by Gasteiger charge is 2.56. The van der Waals surface area contributed by atoms with Gasteiger partial charge < -0.3 is 19.2 Å². The van der Waals surface area contributed by atoms with Gasteiger partial charge in [0, 0.05) is 33.5 Å². The molecule has 4 nitrogen and oxygen atoms in total. The SMILES string of the molecule is COc1ccc(CC2NC3(CC(CCl)Sc4ccccc4)CCC(O[Si](C(C)C)(C(C)C)C(C)C)C(C3)C2OCc2ccccc2)cc1. The molecule has 1 aliphatic carbocycles. The largest absolute Gasteiger partial charge is 0.497 e. The van der Waals surface area contributed by atoms with Gasteiger partial charge in [-0.3, -0.25) is 0 Å². The van der Waals surface area contributed by atoms with E-state index in [1.54, 1.807) is 7.11 Å². The van der Waals surface area contributed by atoms with Crippen LogP contribution < -0.4 is 10.1 Å². The number of fused-ring (bicyclic) bond motifs is 2. The average molecular weight is 709 g/mol. The number of hydrogen-bond acceptors (Lipinski definition) is 5. The van der Waals surface area contributed by atoms with Crippen LogP contribution in [-0.4, -0.2) is 50.3 Å². The number of halogens is 1. The molecular formula is C41H58ClNO3SSi. The Morgan fingerprint density at radius 1 is 0.854 bits per heavy atom. The normalized spacial score (nSPS) is 25.1. The summed E-state index contributed by atoms with van der Waals surface area (Å²) in [4.78, 5) is 1.28. The van der Waals surface area contributed by atoms with Crippen LogP contribution in [0, 0.1) is 5.92 Å². The number of alkyl halides is 1. The van der Waals surface area contributed by atoms with Gasteiger partial charge in [0.25, 0.3) is 0 Å². The highest BCUT2D eigenvalue weighted by atomic mass is 35.5. The van der Waals surface area contributed by atoms with Gasteiger partial charge in [-0.1, -0.05) is 102 Å². The lowest BCUT2D eigenvalue weighted by molar-refractivity contribution is -0.123. The lowest BCUT2D eigenvalue weighted by Crippen LogP contribution is -2.69. The summed E-state index contributed by atoms with van der Waals surface area (Å²) in [6.07, 6.45) is 5.26. The number of nitrogens with one attached hydrogen (secondary N) is 1. The van der Waals surface area contributed by atoms with Gasteiger partial charge in [0.2, 0.25) is 8.32 Å². The summed E-state index contributed by atoms with van der Waals surface area (Å²) in [7, 11) is -0.395. The monoisotopic (exact) mass is 707 g/mol. The molecule has 2 aliphatic rings. The molecule has 1 heterocycles. The Bertz CT molecular complexity index is 1370. The van der Waals surface area contributed by atoms with E-state index in [0.29, 0.717) is 34.4 Å². The first kappa shape index (κ1) is 37.5. The van der Waals surface area contributed by atoms with Gasteiger partial charge >= 0.3 is 0 Å². The van der Waals surface area contributed by atoms with Crippen molar-refractivity contribution < 1.29 is 13.9 Å². The molecule has 0 amide bonds. The molecule has 5 rings (SSSR count). The number of piperidine rings is 1. The second-order valence-electron chi connectivity index (χ2n) is 15.1. The van der Waals surface area contributed by atoms with Gasteiger partial charge in [0.05, 0.1) is 25.9 Å². The molecule has 3 aromatic carbocycles. The number of hydrogen-bond donors (Lipinski definition) is 1. The van der Waals surface area contributed by atoms with Crippen molar-refractivity contribution in [3.63, 3.8) is 0 Å². The third-order valence-corrected chi connectivity index (χ3v) is 19.0. The highest BCUT2D eigenvalue weighted by Crippen LogP contribution is 2.51. The Kier molecular flexibility index (Phi) is 13.2. The summed E-state index contributed by atoms with van der Waals surface area (Å²) < 4.78 is 20.3. The van der Waals surface area contributed by atoms with E-state index in [0.717, 1.165) is 37.9 Å². The number of methoxy groups -OCH3 is 1. The molecule has 1 aliphatic heterocycles. The molecule has 48 heavy (non-hydrogen) atoms. The molecule has 2 bridgehead atoms. The minimum absolute atomic E-state index is 0.0140. The fourth-order valence-electron chi connectivity index (χ4n) is 9.06. The van der Waals surface area contributed by atoms with Crippen molar-refractivity contribution in [1.29, 1.82) is 0 Å². The molecule has 1 saturated heterocycles. The Morgan fingerprint density at radius 3 is 2.06 bits per heavy atom. The lowest BCUT2D eigenvalue weighted by atomic mass is 9.65. The first-order chi connectivity index (χ1) is 23.1. The molecule has 0 aromatic heterocycles. The molecule has 1 N–H and O–H groups in total. The van der Waals surface area contributed by atoms with Crippen molar-refractivity contribution in [2.45, 2.75) is 131 Å². The van der Waals surface area contributed by atoms with Crippen LogP contribution in [0.25, 0.3) is 0 Å². The highest BCUT2D eigenvalue weighted by molar-refractivity contribution is 8.00. The molecule has 262 valence electrons. The van der Waals surface area contributed by atoms with Crippen LogP contribution in [0.3, 0.4) is 0 Å². The maximum absolute atomic E-state index is 7.72. The predicted molar refractivity (Wildman–Crippen MR) is 206 cm³/mol. The Balaban J connectivity index is 1.52. The zero-order valence-electron chi connectivity index (χ0n) is 30.2. The van der Waals surface area contributed by atoms with E-state index in [1.807, 2.05) is 11.8 Å². The molecule has 2 fully saturated rings. The first-order valence-electron chi connectivity index (χ1n) is 18.1. The van der Waals surface area contributed by atoms with E-state index < -0.39 is 8.32 Å². The van der Waals surface area contributed by atoms with E-state index >= 15 is 0 Å². The van der Waals surface area contributed by atoms with Crippen molar-refractivity contribution in [2.24, 2.45) is 5.92 Å². The smallest absolute Gasteiger partial charge is 0.200 e. The molecule has 7 heteroatoms. The van der Waals surface area contributed by atoms with E-state index in [4.69, 9.17) is 25.5 Å². The fraction of sp³-hybridized carbons (Fsp3) is 0.561. The maximum Gasteiger partial charge on any atom is 0.200 e. The number of benzene rings is 3. The van der Waals surface area contributed by atoms with Gasteiger partial charge in [0.15, 0.2) is 0 Å². The van der Waals surface area contributed by atoms with Crippen molar-refractivity contribution in [3.8, 4) is 5.75 Å². The Labute approximate surface area is 301 Å². The molecular weight excluding hydrogens is 650 g/mol. The first-order valence-corrected chi connectivity index (χ1v) is 21.7. The standard InChI is InChI=1S/C41H58ClNO3SSi/c1-29(2)48(30(3)4,31(5)6)46-39-22-23-41(25-36(27-42)47-35-16-12-9-13-17-35)26-37(39)40(45-28-33-14-10-8-11-15-33)38(43-41)24-32-18-20-34(44-7)21-19-32/h8-21,29-31,36-40,43H,22-28H2,1-7H3. The second kappa shape index (κ2) is 16.9. The molecule has 6 atom stereocenters. The van der Waals surface area contributed by atoms with Crippen LogP contribution >= 0.6 is 23.4 Å². The fourth-order valence-corrected chi connectivity index (χ4v) is 16.2. The summed E-state index contributed by atoms with van der Waals surface area (Å²) in [6.45, 7) is 15.0. The summed E-state index contributed by atoms with van der Waals surface area (Å²) in [5, 5.41) is 4.60. The van der Waals surface area contributed by atoms with Crippen LogP contribution in [0.2, 0.25) is 16.6 Å². The van der Waals surface area contributed by atoms with Gasteiger partial charge in [-0.05, 0) is 84.1 Å². The topological polar surface area (TPSA) is 39.7 Å². The minimum Gasteiger partial charge on any atom is -0.497 e. The van der Waals surface area contributed by atoms with Crippen LogP contribution in [0.5, 0.6) is 5.75 Å². The zero-order chi connectivity index (χ0) is 34.3.